The van der Waals surface area contributed by atoms with Crippen molar-refractivity contribution in [2.45, 2.75) is 44.7 Å². The molecule has 1 aromatic carbocycles. The van der Waals surface area contributed by atoms with E-state index in [2.05, 4.69) is 10.6 Å². The summed E-state index contributed by atoms with van der Waals surface area (Å²) in [5.74, 6) is -7.15. The lowest BCUT2D eigenvalue weighted by Gasteiger charge is -2.17. The van der Waals surface area contributed by atoms with Gasteiger partial charge in [-0.15, -0.1) is 0 Å². The summed E-state index contributed by atoms with van der Waals surface area (Å²) in [6, 6.07) is 1.59. The fourth-order valence-electron chi connectivity index (χ4n) is 4.27. The Morgan fingerprint density at radius 2 is 1.85 bits per heavy atom. The van der Waals surface area contributed by atoms with Crippen LogP contribution in [0.3, 0.4) is 0 Å². The van der Waals surface area contributed by atoms with Gasteiger partial charge in [0, 0.05) is 24.1 Å². The van der Waals surface area contributed by atoms with Gasteiger partial charge in [0.15, 0.2) is 17.5 Å². The lowest BCUT2D eigenvalue weighted by Crippen LogP contribution is -2.44. The zero-order valence-electron chi connectivity index (χ0n) is 17.7. The van der Waals surface area contributed by atoms with Gasteiger partial charge in [-0.25, -0.2) is 13.2 Å². The Morgan fingerprint density at radius 3 is 2.48 bits per heavy atom. The number of carbonyl (C=O) groups is 3. The van der Waals surface area contributed by atoms with Gasteiger partial charge in [-0.3, -0.25) is 14.4 Å². The van der Waals surface area contributed by atoms with E-state index in [0.29, 0.717) is 44.0 Å². The maximum absolute atomic E-state index is 14.0. The Hall–Kier alpha value is -3.76. The van der Waals surface area contributed by atoms with Crippen molar-refractivity contribution >= 4 is 23.3 Å². The second-order valence-corrected chi connectivity index (χ2v) is 8.21. The van der Waals surface area contributed by atoms with Crippen LogP contribution < -0.4 is 22.1 Å². The number of aromatic nitrogens is 1. The molecule has 1 aliphatic carbocycles. The van der Waals surface area contributed by atoms with Crippen LogP contribution in [0.2, 0.25) is 0 Å². The second kappa shape index (κ2) is 7.98. The number of anilines is 1. The van der Waals surface area contributed by atoms with Crippen LogP contribution in [-0.4, -0.2) is 27.7 Å². The summed E-state index contributed by atoms with van der Waals surface area (Å²) in [5, 5.41) is 4.86. The fraction of sp³-hybridized carbons (Fsp3) is 0.318. The molecule has 4 rings (SSSR count). The van der Waals surface area contributed by atoms with Crippen molar-refractivity contribution in [3.05, 3.63) is 64.0 Å². The topological polar surface area (TPSA) is 132 Å². The molecule has 1 aromatic heterocycles. The van der Waals surface area contributed by atoms with E-state index in [1.54, 1.807) is 4.57 Å². The molecule has 2 amide bonds. The molecule has 11 heteroatoms. The van der Waals surface area contributed by atoms with Gasteiger partial charge in [0.25, 0.3) is 17.6 Å². The SMILES string of the molecule is Cc1c(C(=O)C(=O)NC2(/C(N)=C/N)CC2)c2n(c1C(=O)Nc1ccc(F)c(F)c1F)CCC2. The first kappa shape index (κ1) is 22.4. The van der Waals surface area contributed by atoms with E-state index >= 15 is 0 Å². The zero-order valence-corrected chi connectivity index (χ0v) is 17.7. The summed E-state index contributed by atoms with van der Waals surface area (Å²) in [6.45, 7) is 1.91. The molecule has 1 fully saturated rings. The van der Waals surface area contributed by atoms with Crippen molar-refractivity contribution in [2.75, 3.05) is 5.32 Å². The van der Waals surface area contributed by atoms with Crippen LogP contribution >= 0.6 is 0 Å². The number of fused-ring (bicyclic) bond motifs is 1. The summed E-state index contributed by atoms with van der Waals surface area (Å²) in [6.07, 6.45) is 3.36. The van der Waals surface area contributed by atoms with Crippen molar-refractivity contribution in [3.63, 3.8) is 0 Å². The van der Waals surface area contributed by atoms with E-state index in [9.17, 15) is 27.6 Å². The van der Waals surface area contributed by atoms with Crippen LogP contribution in [0.15, 0.2) is 24.0 Å². The van der Waals surface area contributed by atoms with Crippen LogP contribution in [0, 0.1) is 24.4 Å². The predicted molar refractivity (Wildman–Crippen MR) is 113 cm³/mol. The van der Waals surface area contributed by atoms with Crippen LogP contribution in [0.5, 0.6) is 0 Å². The molecule has 1 saturated carbocycles. The van der Waals surface area contributed by atoms with Gasteiger partial charge in [0.2, 0.25) is 0 Å². The lowest BCUT2D eigenvalue weighted by atomic mass is 10.0. The molecular formula is C22H22F3N5O3. The maximum Gasteiger partial charge on any atom is 0.293 e. The maximum atomic E-state index is 14.0. The number of rotatable bonds is 6. The number of benzene rings is 1. The first-order chi connectivity index (χ1) is 15.6. The van der Waals surface area contributed by atoms with Crippen molar-refractivity contribution in [2.24, 2.45) is 11.5 Å². The van der Waals surface area contributed by atoms with Gasteiger partial charge in [0.05, 0.1) is 16.8 Å². The second-order valence-electron chi connectivity index (χ2n) is 8.21. The molecule has 174 valence electrons. The molecule has 2 aromatic rings. The minimum absolute atomic E-state index is 0.0466. The molecule has 2 aliphatic rings. The fourth-order valence-corrected chi connectivity index (χ4v) is 4.27. The monoisotopic (exact) mass is 461 g/mol. The zero-order chi connectivity index (χ0) is 24.1. The molecule has 0 radical (unpaired) electrons. The highest BCUT2D eigenvalue weighted by atomic mass is 19.2. The summed E-state index contributed by atoms with van der Waals surface area (Å²) in [5.41, 5.74) is 11.0. The molecule has 8 nitrogen and oxygen atoms in total. The van der Waals surface area contributed by atoms with Crippen molar-refractivity contribution < 1.29 is 27.6 Å². The van der Waals surface area contributed by atoms with Gasteiger partial charge < -0.3 is 26.7 Å². The number of ketones is 1. The number of Topliss-reactive ketones (excluding diaryl/α,β-unsaturated/α-hetero) is 1. The van der Waals surface area contributed by atoms with Crippen molar-refractivity contribution in [1.82, 2.24) is 9.88 Å². The molecule has 0 spiro atoms. The summed E-state index contributed by atoms with van der Waals surface area (Å²) >= 11 is 0. The van der Waals surface area contributed by atoms with Gasteiger partial charge in [-0.05, 0) is 50.3 Å². The number of nitrogens with two attached hydrogens (primary N) is 2. The molecule has 0 saturated heterocycles. The highest BCUT2D eigenvalue weighted by molar-refractivity contribution is 6.44. The number of amides is 2. The van der Waals surface area contributed by atoms with Gasteiger partial charge in [0.1, 0.15) is 5.69 Å². The van der Waals surface area contributed by atoms with Crippen LogP contribution in [0.4, 0.5) is 18.9 Å². The standard InChI is InChI=1S/C22H22F3N5O3/c1-10-15(19(31)21(33)29-22(6-7-22)14(27)9-26)13-3-2-8-30(13)18(10)20(32)28-12-5-4-11(23)16(24)17(12)25/h4-5,9H,2-3,6-8,26-27H2,1H3,(H,28,32)(H,29,33)/b14-9-. The first-order valence-corrected chi connectivity index (χ1v) is 10.3. The molecule has 2 heterocycles. The van der Waals surface area contributed by atoms with E-state index < -0.39 is 46.3 Å². The number of hydrogen-bond donors (Lipinski definition) is 4. The summed E-state index contributed by atoms with van der Waals surface area (Å²) in [4.78, 5) is 38.8. The number of halogens is 3. The number of nitrogens with zero attached hydrogens (tertiary/aromatic N) is 1. The molecule has 0 atom stereocenters. The third kappa shape index (κ3) is 3.62. The van der Waals surface area contributed by atoms with Crippen molar-refractivity contribution in [1.29, 1.82) is 0 Å². The third-order valence-corrected chi connectivity index (χ3v) is 6.18. The average Bonchev–Trinajstić information content (AvgIpc) is 3.32. The quantitative estimate of drug-likeness (QED) is 0.297. The Kier molecular flexibility index (Phi) is 5.43. The van der Waals surface area contributed by atoms with E-state index in [-0.39, 0.29) is 22.5 Å². The average molecular weight is 461 g/mol. The smallest absolute Gasteiger partial charge is 0.293 e. The molecule has 33 heavy (non-hydrogen) atoms. The number of carbonyl (C=O) groups excluding carboxylic acids is 3. The van der Waals surface area contributed by atoms with Crippen LogP contribution in [-0.2, 0) is 17.8 Å². The molecule has 1 aliphatic heterocycles. The van der Waals surface area contributed by atoms with Crippen LogP contribution in [0.1, 0.15) is 51.4 Å². The highest BCUT2D eigenvalue weighted by Crippen LogP contribution is 2.40. The largest absolute Gasteiger partial charge is 0.403 e. The van der Waals surface area contributed by atoms with Crippen LogP contribution in [0.25, 0.3) is 0 Å². The number of nitrogens with one attached hydrogen (secondary N) is 2. The number of hydrogen-bond acceptors (Lipinski definition) is 5. The van der Waals surface area contributed by atoms with Gasteiger partial charge >= 0.3 is 0 Å². The normalized spacial score (nSPS) is 16.3. The Bertz CT molecular complexity index is 1230. The minimum atomic E-state index is -1.71. The van der Waals surface area contributed by atoms with Gasteiger partial charge in [-0.1, -0.05) is 0 Å². The Balaban J connectivity index is 1.65. The molecule has 6 N–H and O–H groups in total. The van der Waals surface area contributed by atoms with Crippen molar-refractivity contribution in [3.8, 4) is 0 Å². The minimum Gasteiger partial charge on any atom is -0.403 e. The van der Waals surface area contributed by atoms with E-state index in [1.807, 2.05) is 0 Å². The Labute approximate surface area is 186 Å². The molecular weight excluding hydrogens is 439 g/mol. The third-order valence-electron chi connectivity index (χ3n) is 6.18. The molecule has 0 unspecified atom stereocenters. The summed E-state index contributed by atoms with van der Waals surface area (Å²) < 4.78 is 42.4. The Morgan fingerprint density at radius 1 is 1.15 bits per heavy atom. The predicted octanol–water partition coefficient (Wildman–Crippen LogP) is 2.00. The lowest BCUT2D eigenvalue weighted by molar-refractivity contribution is -0.117. The van der Waals surface area contributed by atoms with E-state index in [1.165, 1.54) is 13.1 Å². The highest BCUT2D eigenvalue weighted by Gasteiger charge is 2.48. The van der Waals surface area contributed by atoms with Gasteiger partial charge in [-0.2, -0.15) is 0 Å². The first-order valence-electron chi connectivity index (χ1n) is 10.3. The summed E-state index contributed by atoms with van der Waals surface area (Å²) in [7, 11) is 0. The molecule has 0 bridgehead atoms. The van der Waals surface area contributed by atoms with E-state index in [0.717, 1.165) is 6.07 Å². The van der Waals surface area contributed by atoms with E-state index in [4.69, 9.17) is 11.5 Å².